The first-order valence-corrected chi connectivity index (χ1v) is 7.41. The summed E-state index contributed by atoms with van der Waals surface area (Å²) in [5.74, 6) is -0.0924. The maximum absolute atomic E-state index is 12.6. The Hall–Kier alpha value is -1.93. The molecule has 2 unspecified atom stereocenters. The van der Waals surface area contributed by atoms with Gasteiger partial charge in [-0.1, -0.05) is 0 Å². The number of nitrogens with zero attached hydrogens (tertiary/aromatic N) is 2. The molecule has 22 heavy (non-hydrogen) atoms. The van der Waals surface area contributed by atoms with Crippen molar-refractivity contribution in [3.8, 4) is 0 Å². The zero-order chi connectivity index (χ0) is 15.9. The van der Waals surface area contributed by atoms with Crippen LogP contribution in [0.4, 0.5) is 0 Å². The van der Waals surface area contributed by atoms with Crippen LogP contribution in [0.5, 0.6) is 0 Å². The molecule has 2 aliphatic heterocycles. The minimum absolute atomic E-state index is 0.00688. The standard InChI is InChI=1S/C14H20N4O4/c1-8-5-17(2)7-11(22-8)13(20)18-4-3-9-10(6-18)15-14(21)16-12(9)19/h8,11H,3-7H2,1-2H3,(H2,15,16,19,21). The molecular formula is C14H20N4O4. The molecule has 8 nitrogen and oxygen atoms in total. The first kappa shape index (κ1) is 15.0. The molecule has 3 rings (SSSR count). The number of amides is 1. The van der Waals surface area contributed by atoms with Crippen molar-refractivity contribution in [2.45, 2.75) is 32.1 Å². The number of nitrogens with one attached hydrogen (secondary N) is 2. The predicted molar refractivity (Wildman–Crippen MR) is 78.6 cm³/mol. The SMILES string of the molecule is CC1CN(C)CC(C(=O)N2CCc3c([nH]c(=O)[nH]c3=O)C2)O1. The van der Waals surface area contributed by atoms with E-state index in [9.17, 15) is 14.4 Å². The Kier molecular flexibility index (Phi) is 3.88. The average molecular weight is 308 g/mol. The molecule has 2 N–H and O–H groups in total. The maximum atomic E-state index is 12.6. The van der Waals surface area contributed by atoms with Crippen LogP contribution in [0.2, 0.25) is 0 Å². The molecular weight excluding hydrogens is 288 g/mol. The van der Waals surface area contributed by atoms with Crippen LogP contribution in [0.1, 0.15) is 18.2 Å². The normalized spacial score (nSPS) is 25.8. The van der Waals surface area contributed by atoms with Gasteiger partial charge in [0.05, 0.1) is 12.6 Å². The molecule has 120 valence electrons. The Morgan fingerprint density at radius 1 is 1.27 bits per heavy atom. The molecule has 8 heteroatoms. The summed E-state index contributed by atoms with van der Waals surface area (Å²) >= 11 is 0. The second kappa shape index (κ2) is 5.69. The van der Waals surface area contributed by atoms with Gasteiger partial charge in [-0.25, -0.2) is 4.79 Å². The molecule has 1 fully saturated rings. The van der Waals surface area contributed by atoms with Gasteiger partial charge in [0.2, 0.25) is 0 Å². The van der Waals surface area contributed by atoms with Gasteiger partial charge in [0.25, 0.3) is 11.5 Å². The molecule has 0 aliphatic carbocycles. The molecule has 0 spiro atoms. The highest BCUT2D eigenvalue weighted by Gasteiger charge is 2.33. The van der Waals surface area contributed by atoms with Gasteiger partial charge >= 0.3 is 5.69 Å². The van der Waals surface area contributed by atoms with E-state index in [1.54, 1.807) is 4.90 Å². The van der Waals surface area contributed by atoms with Gasteiger partial charge in [-0.05, 0) is 20.4 Å². The van der Waals surface area contributed by atoms with Crippen molar-refractivity contribution in [3.63, 3.8) is 0 Å². The molecule has 0 saturated carbocycles. The number of H-pyrrole nitrogens is 2. The molecule has 0 aromatic carbocycles. The third-order valence-electron chi connectivity index (χ3n) is 4.14. The minimum Gasteiger partial charge on any atom is -0.363 e. The second-order valence-corrected chi connectivity index (χ2v) is 6.03. The monoisotopic (exact) mass is 308 g/mol. The Morgan fingerprint density at radius 3 is 2.77 bits per heavy atom. The minimum atomic E-state index is -0.541. The number of carbonyl (C=O) groups excluding carboxylic acids is 1. The first-order valence-electron chi connectivity index (χ1n) is 7.41. The quantitative estimate of drug-likeness (QED) is 0.669. The van der Waals surface area contributed by atoms with Gasteiger partial charge in [0.1, 0.15) is 6.10 Å². The fraction of sp³-hybridized carbons (Fsp3) is 0.643. The van der Waals surface area contributed by atoms with Crippen molar-refractivity contribution < 1.29 is 9.53 Å². The number of fused-ring (bicyclic) bond motifs is 1. The molecule has 0 bridgehead atoms. The smallest absolute Gasteiger partial charge is 0.325 e. The molecule has 3 heterocycles. The van der Waals surface area contributed by atoms with E-state index in [1.807, 2.05) is 14.0 Å². The molecule has 1 aromatic heterocycles. The summed E-state index contributed by atoms with van der Waals surface area (Å²) in [5, 5.41) is 0. The van der Waals surface area contributed by atoms with E-state index < -0.39 is 11.8 Å². The molecule has 1 aromatic rings. The number of hydrogen-bond donors (Lipinski definition) is 2. The lowest BCUT2D eigenvalue weighted by Gasteiger charge is -2.37. The van der Waals surface area contributed by atoms with E-state index in [2.05, 4.69) is 14.9 Å². The van der Waals surface area contributed by atoms with Crippen molar-refractivity contribution in [1.29, 1.82) is 0 Å². The van der Waals surface area contributed by atoms with Gasteiger partial charge in [-0.15, -0.1) is 0 Å². The van der Waals surface area contributed by atoms with Crippen LogP contribution < -0.4 is 11.2 Å². The van der Waals surface area contributed by atoms with E-state index in [1.165, 1.54) is 0 Å². The van der Waals surface area contributed by atoms with Crippen LogP contribution in [-0.2, 0) is 22.5 Å². The zero-order valence-corrected chi connectivity index (χ0v) is 12.7. The summed E-state index contributed by atoms with van der Waals surface area (Å²) in [5.41, 5.74) is 0.165. The third kappa shape index (κ3) is 2.84. The lowest BCUT2D eigenvalue weighted by molar-refractivity contribution is -0.156. The highest BCUT2D eigenvalue weighted by atomic mass is 16.5. The fourth-order valence-electron chi connectivity index (χ4n) is 3.17. The van der Waals surface area contributed by atoms with Crippen molar-refractivity contribution >= 4 is 5.91 Å². The first-order chi connectivity index (χ1) is 10.4. The fourth-order valence-corrected chi connectivity index (χ4v) is 3.17. The number of hydrogen-bond acceptors (Lipinski definition) is 5. The van der Waals surface area contributed by atoms with Crippen LogP contribution in [0.3, 0.4) is 0 Å². The summed E-state index contributed by atoms with van der Waals surface area (Å²) < 4.78 is 5.73. The largest absolute Gasteiger partial charge is 0.363 e. The van der Waals surface area contributed by atoms with Crippen molar-refractivity contribution in [2.75, 3.05) is 26.7 Å². The predicted octanol–water partition coefficient (Wildman–Crippen LogP) is -1.33. The highest BCUT2D eigenvalue weighted by Crippen LogP contribution is 2.17. The van der Waals surface area contributed by atoms with Gasteiger partial charge in [-0.3, -0.25) is 14.6 Å². The van der Waals surface area contributed by atoms with Crippen LogP contribution in [0, 0.1) is 0 Å². The summed E-state index contributed by atoms with van der Waals surface area (Å²) in [7, 11) is 1.96. The Morgan fingerprint density at radius 2 is 2.05 bits per heavy atom. The van der Waals surface area contributed by atoms with Crippen LogP contribution in [0.25, 0.3) is 0 Å². The van der Waals surface area contributed by atoms with Gasteiger partial charge in [0, 0.05) is 30.9 Å². The third-order valence-corrected chi connectivity index (χ3v) is 4.14. The number of aromatic amines is 2. The number of aromatic nitrogens is 2. The summed E-state index contributed by atoms with van der Waals surface area (Å²) in [6, 6.07) is 0. The summed E-state index contributed by atoms with van der Waals surface area (Å²) in [6.45, 7) is 4.00. The topological polar surface area (TPSA) is 98.5 Å². The Balaban J connectivity index is 1.78. The second-order valence-electron chi connectivity index (χ2n) is 6.03. The molecule has 1 amide bonds. The van der Waals surface area contributed by atoms with E-state index in [-0.39, 0.29) is 24.1 Å². The number of morpholine rings is 1. The van der Waals surface area contributed by atoms with Crippen LogP contribution in [0.15, 0.2) is 9.59 Å². The Bertz CT molecular complexity index is 685. The van der Waals surface area contributed by atoms with E-state index in [0.717, 1.165) is 6.54 Å². The Labute approximate surface area is 127 Å². The van der Waals surface area contributed by atoms with E-state index in [0.29, 0.717) is 30.8 Å². The number of carbonyl (C=O) groups is 1. The number of rotatable bonds is 1. The lowest BCUT2D eigenvalue weighted by Crippen LogP contribution is -2.53. The average Bonchev–Trinajstić information content (AvgIpc) is 2.44. The van der Waals surface area contributed by atoms with Crippen molar-refractivity contribution in [2.24, 2.45) is 0 Å². The van der Waals surface area contributed by atoms with Crippen LogP contribution in [-0.4, -0.2) is 64.6 Å². The molecule has 0 radical (unpaired) electrons. The summed E-state index contributed by atoms with van der Waals surface area (Å²) in [4.78, 5) is 44.3. The van der Waals surface area contributed by atoms with Crippen LogP contribution >= 0.6 is 0 Å². The van der Waals surface area contributed by atoms with E-state index >= 15 is 0 Å². The maximum Gasteiger partial charge on any atom is 0.325 e. The van der Waals surface area contributed by atoms with Gasteiger partial charge < -0.3 is 19.5 Å². The highest BCUT2D eigenvalue weighted by molar-refractivity contribution is 5.81. The summed E-state index contributed by atoms with van der Waals surface area (Å²) in [6.07, 6.45) is -0.0536. The molecule has 1 saturated heterocycles. The van der Waals surface area contributed by atoms with Gasteiger partial charge in [-0.2, -0.15) is 0 Å². The van der Waals surface area contributed by atoms with E-state index in [4.69, 9.17) is 4.74 Å². The number of likely N-dealkylation sites (N-methyl/N-ethyl adjacent to an activating group) is 1. The van der Waals surface area contributed by atoms with Gasteiger partial charge in [0.15, 0.2) is 0 Å². The van der Waals surface area contributed by atoms with Crippen molar-refractivity contribution in [3.05, 3.63) is 32.1 Å². The number of ether oxygens (including phenoxy) is 1. The molecule has 2 aliphatic rings. The molecule has 2 atom stereocenters. The zero-order valence-electron chi connectivity index (χ0n) is 12.7. The van der Waals surface area contributed by atoms with Crippen molar-refractivity contribution in [1.82, 2.24) is 19.8 Å². The lowest BCUT2D eigenvalue weighted by atomic mass is 10.1.